The molecular formula is C17H25NO. The van der Waals surface area contributed by atoms with E-state index in [0.29, 0.717) is 12.3 Å². The topological polar surface area (TPSA) is 33.1 Å². The third-order valence-electron chi connectivity index (χ3n) is 6.21. The van der Waals surface area contributed by atoms with Crippen LogP contribution in [0.2, 0.25) is 0 Å². The van der Waals surface area contributed by atoms with Crippen molar-refractivity contribution < 1.29 is 5.11 Å². The lowest BCUT2D eigenvalue weighted by molar-refractivity contribution is -0.142. The second-order valence-electron chi connectivity index (χ2n) is 7.53. The summed E-state index contributed by atoms with van der Waals surface area (Å²) in [4.78, 5) is 4.60. The molecule has 2 saturated carbocycles. The molecule has 0 radical (unpaired) electrons. The quantitative estimate of drug-likeness (QED) is 0.881. The van der Waals surface area contributed by atoms with E-state index in [1.807, 2.05) is 19.1 Å². The van der Waals surface area contributed by atoms with Crippen molar-refractivity contribution in [2.24, 2.45) is 16.7 Å². The van der Waals surface area contributed by atoms with E-state index in [1.165, 1.54) is 12.8 Å². The fourth-order valence-electron chi connectivity index (χ4n) is 4.75. The molecule has 0 aromatic carbocycles. The number of aromatic nitrogens is 1. The molecule has 1 aromatic heterocycles. The Balaban J connectivity index is 1.98. The molecule has 1 N–H and O–H groups in total. The molecule has 0 spiro atoms. The maximum atomic E-state index is 11.5. The van der Waals surface area contributed by atoms with Crippen molar-refractivity contribution in [1.29, 1.82) is 0 Å². The summed E-state index contributed by atoms with van der Waals surface area (Å²) in [6, 6.07) is 6.11. The highest BCUT2D eigenvalue weighted by Crippen LogP contribution is 2.68. The molecule has 3 rings (SSSR count). The summed E-state index contributed by atoms with van der Waals surface area (Å²) >= 11 is 0. The third kappa shape index (κ3) is 1.62. The molecule has 2 bridgehead atoms. The highest BCUT2D eigenvalue weighted by Gasteiger charge is 2.68. The van der Waals surface area contributed by atoms with E-state index in [2.05, 4.69) is 31.8 Å². The summed E-state index contributed by atoms with van der Waals surface area (Å²) < 4.78 is 0. The van der Waals surface area contributed by atoms with Gasteiger partial charge in [0.15, 0.2) is 0 Å². The van der Waals surface area contributed by atoms with Crippen LogP contribution in [0.3, 0.4) is 0 Å². The molecule has 1 aromatic rings. The molecule has 0 saturated heterocycles. The van der Waals surface area contributed by atoms with E-state index in [0.717, 1.165) is 17.8 Å². The van der Waals surface area contributed by atoms with Gasteiger partial charge in [0.05, 0.1) is 5.60 Å². The predicted molar refractivity (Wildman–Crippen MR) is 76.9 cm³/mol. The van der Waals surface area contributed by atoms with Crippen LogP contribution >= 0.6 is 0 Å². The first kappa shape index (κ1) is 13.1. The Morgan fingerprint density at radius 1 is 1.32 bits per heavy atom. The van der Waals surface area contributed by atoms with Gasteiger partial charge in [-0.05, 0) is 55.1 Å². The van der Waals surface area contributed by atoms with Gasteiger partial charge in [-0.3, -0.25) is 4.98 Å². The van der Waals surface area contributed by atoms with E-state index >= 15 is 0 Å². The molecule has 2 aliphatic carbocycles. The lowest BCUT2D eigenvalue weighted by Crippen LogP contribution is -2.55. The maximum Gasteiger partial charge on any atom is 0.0809 e. The average molecular weight is 259 g/mol. The summed E-state index contributed by atoms with van der Waals surface area (Å²) in [6.45, 7) is 8.79. The highest BCUT2D eigenvalue weighted by atomic mass is 16.3. The summed E-state index contributed by atoms with van der Waals surface area (Å²) in [5, 5.41) is 11.5. The zero-order valence-electron chi connectivity index (χ0n) is 12.5. The van der Waals surface area contributed by atoms with E-state index in [9.17, 15) is 5.11 Å². The summed E-state index contributed by atoms with van der Waals surface area (Å²) in [6.07, 6.45) is 4.29. The smallest absolute Gasteiger partial charge is 0.0809 e. The first-order valence-corrected chi connectivity index (χ1v) is 7.43. The molecule has 2 heteroatoms. The molecule has 19 heavy (non-hydrogen) atoms. The Labute approximate surface area is 116 Å². The van der Waals surface area contributed by atoms with Crippen molar-refractivity contribution in [2.45, 2.75) is 59.0 Å². The summed E-state index contributed by atoms with van der Waals surface area (Å²) in [5.74, 6) is 0.660. The Hall–Kier alpha value is -0.890. The van der Waals surface area contributed by atoms with Crippen LogP contribution in [0.4, 0.5) is 0 Å². The van der Waals surface area contributed by atoms with Gasteiger partial charge < -0.3 is 5.11 Å². The number of aryl methyl sites for hydroxylation is 1. The van der Waals surface area contributed by atoms with Crippen molar-refractivity contribution >= 4 is 0 Å². The van der Waals surface area contributed by atoms with Crippen molar-refractivity contribution in [1.82, 2.24) is 4.98 Å². The lowest BCUT2D eigenvalue weighted by Gasteiger charge is -2.50. The number of hydrogen-bond donors (Lipinski definition) is 1. The number of aliphatic hydroxyl groups is 1. The van der Waals surface area contributed by atoms with Gasteiger partial charge >= 0.3 is 0 Å². The first-order valence-electron chi connectivity index (χ1n) is 7.43. The molecule has 2 aliphatic rings. The number of rotatable bonds is 2. The lowest BCUT2D eigenvalue weighted by atomic mass is 9.59. The monoisotopic (exact) mass is 259 g/mol. The predicted octanol–water partition coefficient (Wildman–Crippen LogP) is 3.51. The zero-order chi connectivity index (χ0) is 13.9. The summed E-state index contributed by atoms with van der Waals surface area (Å²) in [7, 11) is 0. The largest absolute Gasteiger partial charge is 0.388 e. The number of nitrogens with zero attached hydrogens (tertiary/aromatic N) is 1. The molecule has 2 nitrogen and oxygen atoms in total. The van der Waals surface area contributed by atoms with Crippen molar-refractivity contribution in [3.8, 4) is 0 Å². The van der Waals surface area contributed by atoms with Gasteiger partial charge in [0.2, 0.25) is 0 Å². The van der Waals surface area contributed by atoms with Crippen LogP contribution < -0.4 is 0 Å². The molecular weight excluding hydrogens is 234 g/mol. The minimum atomic E-state index is -0.621. The molecule has 3 atom stereocenters. The average Bonchev–Trinajstić information content (AvgIpc) is 2.78. The molecule has 0 amide bonds. The van der Waals surface area contributed by atoms with Gasteiger partial charge in [-0.1, -0.05) is 26.8 Å². The Kier molecular flexibility index (Phi) is 2.63. The van der Waals surface area contributed by atoms with Crippen LogP contribution in [0.1, 0.15) is 51.4 Å². The molecule has 0 unspecified atom stereocenters. The van der Waals surface area contributed by atoms with E-state index < -0.39 is 5.60 Å². The second kappa shape index (κ2) is 3.82. The molecule has 104 valence electrons. The number of hydrogen-bond acceptors (Lipinski definition) is 2. The normalized spacial score (nSPS) is 39.7. The van der Waals surface area contributed by atoms with Crippen molar-refractivity contribution in [3.63, 3.8) is 0 Å². The van der Waals surface area contributed by atoms with E-state index in [-0.39, 0.29) is 10.8 Å². The van der Waals surface area contributed by atoms with Crippen LogP contribution in [0, 0.1) is 23.7 Å². The zero-order valence-corrected chi connectivity index (χ0v) is 12.5. The van der Waals surface area contributed by atoms with Gasteiger partial charge in [-0.15, -0.1) is 0 Å². The van der Waals surface area contributed by atoms with Crippen LogP contribution in [0.15, 0.2) is 18.2 Å². The summed E-state index contributed by atoms with van der Waals surface area (Å²) in [5.41, 5.74) is 1.50. The van der Waals surface area contributed by atoms with Gasteiger partial charge in [-0.25, -0.2) is 0 Å². The molecule has 0 aliphatic heterocycles. The van der Waals surface area contributed by atoms with Crippen LogP contribution in [0.25, 0.3) is 0 Å². The van der Waals surface area contributed by atoms with E-state index in [4.69, 9.17) is 0 Å². The minimum Gasteiger partial charge on any atom is -0.388 e. The fourth-order valence-corrected chi connectivity index (χ4v) is 4.75. The highest BCUT2D eigenvalue weighted by molar-refractivity contribution is 5.23. The van der Waals surface area contributed by atoms with Crippen LogP contribution in [0.5, 0.6) is 0 Å². The fraction of sp³-hybridized carbons (Fsp3) is 0.706. The number of fused-ring (bicyclic) bond motifs is 2. The van der Waals surface area contributed by atoms with E-state index in [1.54, 1.807) is 0 Å². The Morgan fingerprint density at radius 2 is 2.05 bits per heavy atom. The van der Waals surface area contributed by atoms with Gasteiger partial charge in [0.25, 0.3) is 0 Å². The van der Waals surface area contributed by atoms with Gasteiger partial charge in [0, 0.05) is 17.8 Å². The molecule has 2 fully saturated rings. The second-order valence-corrected chi connectivity index (χ2v) is 7.53. The van der Waals surface area contributed by atoms with Crippen molar-refractivity contribution in [2.75, 3.05) is 0 Å². The number of pyridine rings is 1. The Morgan fingerprint density at radius 3 is 2.63 bits per heavy atom. The standard InChI is InChI=1S/C17H25NO/c1-12-6-5-7-14(18-12)11-17(19)15(2,3)13-8-9-16(17,4)10-13/h5-7,13,19H,8-11H2,1-4H3/t13-,16-,17-/m1/s1. The van der Waals surface area contributed by atoms with Crippen LogP contribution in [-0.4, -0.2) is 15.7 Å². The third-order valence-corrected chi connectivity index (χ3v) is 6.21. The van der Waals surface area contributed by atoms with Crippen LogP contribution in [-0.2, 0) is 6.42 Å². The first-order chi connectivity index (χ1) is 8.78. The minimum absolute atomic E-state index is 0.00851. The SMILES string of the molecule is Cc1cccc(C[C@@]2(O)C(C)(C)[C@@H]3CC[C@]2(C)C3)n1. The molecule has 1 heterocycles. The van der Waals surface area contributed by atoms with Crippen molar-refractivity contribution in [3.05, 3.63) is 29.6 Å². The van der Waals surface area contributed by atoms with Gasteiger partial charge in [0.1, 0.15) is 0 Å². The Bertz CT molecular complexity index is 503. The van der Waals surface area contributed by atoms with Gasteiger partial charge in [-0.2, -0.15) is 0 Å². The maximum absolute atomic E-state index is 11.5.